The Bertz CT molecular complexity index is 714. The molecule has 5 heteroatoms. The number of carboxylic acids is 1. The van der Waals surface area contributed by atoms with Crippen molar-refractivity contribution in [1.29, 1.82) is 5.26 Å². The minimum atomic E-state index is -0.830. The third-order valence-corrected chi connectivity index (χ3v) is 4.19. The number of hydrogen-bond donors (Lipinski definition) is 1. The van der Waals surface area contributed by atoms with Gasteiger partial charge in [0.1, 0.15) is 23.3 Å². The smallest absolute Gasteiger partial charge is 0.310 e. The summed E-state index contributed by atoms with van der Waals surface area (Å²) in [5.74, 6) is -0.569. The summed E-state index contributed by atoms with van der Waals surface area (Å²) in [6, 6.07) is 9.71. The molecule has 2 heterocycles. The van der Waals surface area contributed by atoms with E-state index in [9.17, 15) is 4.79 Å². The Morgan fingerprint density at radius 3 is 2.95 bits per heavy atom. The molecule has 1 aliphatic rings. The molecule has 3 rings (SSSR count). The minimum Gasteiger partial charge on any atom is -0.492 e. The molecule has 2 aromatic rings. The Hall–Kier alpha value is -2.32. The van der Waals surface area contributed by atoms with Crippen molar-refractivity contribution in [2.24, 2.45) is 5.92 Å². The number of nitriles is 1. The number of thiophene rings is 1. The van der Waals surface area contributed by atoms with Crippen LogP contribution in [0.5, 0.6) is 5.75 Å². The monoisotopic (exact) mass is 285 g/mol. The van der Waals surface area contributed by atoms with Crippen molar-refractivity contribution in [3.05, 3.63) is 40.1 Å². The lowest BCUT2D eigenvalue weighted by Crippen LogP contribution is -2.27. The molecule has 1 aromatic heterocycles. The van der Waals surface area contributed by atoms with Gasteiger partial charge in [0.25, 0.3) is 0 Å². The summed E-state index contributed by atoms with van der Waals surface area (Å²) >= 11 is 1.40. The van der Waals surface area contributed by atoms with Crippen molar-refractivity contribution in [2.75, 3.05) is 6.61 Å². The molecule has 100 valence electrons. The van der Waals surface area contributed by atoms with Crippen LogP contribution in [-0.2, 0) is 11.2 Å². The molecular formula is C15H11NO3S. The predicted octanol–water partition coefficient (Wildman–Crippen LogP) is 2.92. The van der Waals surface area contributed by atoms with Crippen LogP contribution >= 0.6 is 11.3 Å². The Labute approximate surface area is 119 Å². The molecule has 20 heavy (non-hydrogen) atoms. The molecule has 0 fully saturated rings. The molecule has 0 amide bonds. The summed E-state index contributed by atoms with van der Waals surface area (Å²) in [5.41, 5.74) is 2.87. The molecule has 0 aliphatic carbocycles. The summed E-state index contributed by atoms with van der Waals surface area (Å²) in [4.78, 5) is 11.7. The summed E-state index contributed by atoms with van der Waals surface area (Å²) in [5, 5.41) is 19.9. The van der Waals surface area contributed by atoms with Crippen molar-refractivity contribution in [3.8, 4) is 22.9 Å². The zero-order chi connectivity index (χ0) is 14.1. The molecule has 0 spiro atoms. The number of ether oxygens (including phenoxy) is 1. The topological polar surface area (TPSA) is 70.3 Å². The lowest BCUT2D eigenvalue weighted by Gasteiger charge is -2.23. The van der Waals surface area contributed by atoms with Gasteiger partial charge in [-0.1, -0.05) is 6.07 Å². The molecule has 0 saturated carbocycles. The molecule has 4 nitrogen and oxygen atoms in total. The number of nitrogens with zero attached hydrogens (tertiary/aromatic N) is 1. The Kier molecular flexibility index (Phi) is 3.17. The Morgan fingerprint density at radius 2 is 2.25 bits per heavy atom. The average Bonchev–Trinajstić information content (AvgIpc) is 2.95. The first-order valence-electron chi connectivity index (χ1n) is 6.15. The van der Waals surface area contributed by atoms with E-state index in [1.54, 1.807) is 0 Å². The van der Waals surface area contributed by atoms with Gasteiger partial charge in [0.2, 0.25) is 0 Å². The number of aliphatic carboxylic acids is 1. The second kappa shape index (κ2) is 4.99. The molecule has 1 aliphatic heterocycles. The van der Waals surface area contributed by atoms with Crippen molar-refractivity contribution >= 4 is 17.3 Å². The molecule has 1 atom stereocenters. The van der Waals surface area contributed by atoms with Gasteiger partial charge in [-0.25, -0.2) is 0 Å². The fraction of sp³-hybridized carbons (Fsp3) is 0.200. The molecule has 1 aromatic carbocycles. The SMILES string of the molecule is N#Cc1cc(-c2ccc3c(c2)CC(C(=O)O)CO3)cs1. The summed E-state index contributed by atoms with van der Waals surface area (Å²) < 4.78 is 5.48. The maximum atomic E-state index is 11.0. The molecule has 0 saturated heterocycles. The van der Waals surface area contributed by atoms with Gasteiger partial charge >= 0.3 is 5.97 Å². The van der Waals surface area contributed by atoms with Gasteiger partial charge < -0.3 is 9.84 Å². The first-order valence-corrected chi connectivity index (χ1v) is 7.03. The molecule has 1 N–H and O–H groups in total. The number of carbonyl (C=O) groups is 1. The van der Waals surface area contributed by atoms with Gasteiger partial charge in [-0.2, -0.15) is 5.26 Å². The fourth-order valence-electron chi connectivity index (χ4n) is 2.28. The van der Waals surface area contributed by atoms with Crippen LogP contribution in [0.1, 0.15) is 10.4 Å². The second-order valence-corrected chi connectivity index (χ2v) is 5.60. The van der Waals surface area contributed by atoms with E-state index in [4.69, 9.17) is 15.1 Å². The Balaban J connectivity index is 1.94. The highest BCUT2D eigenvalue weighted by Crippen LogP contribution is 2.33. The van der Waals surface area contributed by atoms with E-state index in [1.165, 1.54) is 11.3 Å². The number of carboxylic acid groups (broad SMARTS) is 1. The van der Waals surface area contributed by atoms with Crippen LogP contribution < -0.4 is 4.74 Å². The highest BCUT2D eigenvalue weighted by Gasteiger charge is 2.25. The van der Waals surface area contributed by atoms with Gasteiger partial charge in [-0.3, -0.25) is 4.79 Å². The minimum absolute atomic E-state index is 0.221. The maximum Gasteiger partial charge on any atom is 0.310 e. The zero-order valence-electron chi connectivity index (χ0n) is 10.5. The van der Waals surface area contributed by atoms with Gasteiger partial charge in [-0.05, 0) is 46.7 Å². The lowest BCUT2D eigenvalue weighted by molar-refractivity contribution is -0.143. The van der Waals surface area contributed by atoms with Gasteiger partial charge in [0.05, 0.1) is 5.92 Å². The normalized spacial score (nSPS) is 16.9. The van der Waals surface area contributed by atoms with Crippen molar-refractivity contribution in [1.82, 2.24) is 0 Å². The largest absolute Gasteiger partial charge is 0.492 e. The fourth-order valence-corrected chi connectivity index (χ4v) is 2.98. The average molecular weight is 285 g/mol. The van der Waals surface area contributed by atoms with Crippen molar-refractivity contribution in [3.63, 3.8) is 0 Å². The first kappa shape index (κ1) is 12.7. The van der Waals surface area contributed by atoms with Crippen molar-refractivity contribution in [2.45, 2.75) is 6.42 Å². The second-order valence-electron chi connectivity index (χ2n) is 4.68. The highest BCUT2D eigenvalue weighted by molar-refractivity contribution is 7.10. The molecule has 0 bridgehead atoms. The Morgan fingerprint density at radius 1 is 1.40 bits per heavy atom. The first-order chi connectivity index (χ1) is 9.67. The quantitative estimate of drug-likeness (QED) is 0.921. The molecule has 1 unspecified atom stereocenters. The number of rotatable bonds is 2. The number of fused-ring (bicyclic) bond motifs is 1. The number of benzene rings is 1. The molecule has 0 radical (unpaired) electrons. The van der Waals surface area contributed by atoms with Crippen LogP contribution in [0.4, 0.5) is 0 Å². The maximum absolute atomic E-state index is 11.0. The van der Waals surface area contributed by atoms with Gasteiger partial charge in [0, 0.05) is 0 Å². The van der Waals surface area contributed by atoms with Crippen LogP contribution in [0, 0.1) is 17.2 Å². The van der Waals surface area contributed by atoms with E-state index in [-0.39, 0.29) is 6.61 Å². The van der Waals surface area contributed by atoms with E-state index in [0.29, 0.717) is 11.3 Å². The molecular weight excluding hydrogens is 274 g/mol. The van der Waals surface area contributed by atoms with Crippen LogP contribution in [0.2, 0.25) is 0 Å². The van der Waals surface area contributed by atoms with Crippen LogP contribution in [0.25, 0.3) is 11.1 Å². The van der Waals surface area contributed by atoms with E-state index in [0.717, 1.165) is 22.4 Å². The van der Waals surface area contributed by atoms with Crippen LogP contribution in [0.15, 0.2) is 29.6 Å². The predicted molar refractivity (Wildman–Crippen MR) is 74.8 cm³/mol. The summed E-state index contributed by atoms with van der Waals surface area (Å²) in [7, 11) is 0. The van der Waals surface area contributed by atoms with Gasteiger partial charge in [-0.15, -0.1) is 11.3 Å². The third kappa shape index (κ3) is 2.26. The summed E-state index contributed by atoms with van der Waals surface area (Å²) in [6.07, 6.45) is 0.480. The van der Waals surface area contributed by atoms with E-state index >= 15 is 0 Å². The van der Waals surface area contributed by atoms with Crippen LogP contribution in [-0.4, -0.2) is 17.7 Å². The van der Waals surface area contributed by atoms with E-state index < -0.39 is 11.9 Å². The highest BCUT2D eigenvalue weighted by atomic mass is 32.1. The van der Waals surface area contributed by atoms with Crippen molar-refractivity contribution < 1.29 is 14.6 Å². The third-order valence-electron chi connectivity index (χ3n) is 3.36. The lowest BCUT2D eigenvalue weighted by atomic mass is 9.94. The van der Waals surface area contributed by atoms with E-state index in [2.05, 4.69) is 6.07 Å². The zero-order valence-corrected chi connectivity index (χ0v) is 11.3. The standard InChI is InChI=1S/C15H11NO3S/c16-6-13-5-12(8-20-13)9-1-2-14-10(3-9)4-11(7-19-14)15(17)18/h1-3,5,8,11H,4,7H2,(H,17,18). The van der Waals surface area contributed by atoms with E-state index in [1.807, 2.05) is 29.6 Å². The summed E-state index contributed by atoms with van der Waals surface area (Å²) in [6.45, 7) is 0.221. The number of hydrogen-bond acceptors (Lipinski definition) is 4. The van der Waals surface area contributed by atoms with Gasteiger partial charge in [0.15, 0.2) is 0 Å². The van der Waals surface area contributed by atoms with Crippen LogP contribution in [0.3, 0.4) is 0 Å².